The Morgan fingerprint density at radius 3 is 2.58 bits per heavy atom. The summed E-state index contributed by atoms with van der Waals surface area (Å²) in [7, 11) is 1.36. The van der Waals surface area contributed by atoms with Gasteiger partial charge in [-0.15, -0.1) is 0 Å². The zero-order valence-electron chi connectivity index (χ0n) is 15.7. The Morgan fingerprint density at radius 1 is 1.38 bits per heavy atom. The van der Waals surface area contributed by atoms with Gasteiger partial charge in [-0.05, 0) is 31.2 Å². The molecular formula is C20H27N3O3. The van der Waals surface area contributed by atoms with E-state index in [1.807, 2.05) is 35.2 Å². The topological polar surface area (TPSA) is 82.4 Å². The van der Waals surface area contributed by atoms with Gasteiger partial charge in [0.05, 0.1) is 25.6 Å². The second-order valence-electron chi connectivity index (χ2n) is 7.22. The van der Waals surface area contributed by atoms with Gasteiger partial charge in [0.2, 0.25) is 5.91 Å². The first-order valence-electron chi connectivity index (χ1n) is 8.94. The lowest BCUT2D eigenvalue weighted by Gasteiger charge is -2.27. The maximum absolute atomic E-state index is 12.6. The maximum atomic E-state index is 12.6. The van der Waals surface area contributed by atoms with Crippen LogP contribution in [0.25, 0.3) is 0 Å². The third-order valence-corrected chi connectivity index (χ3v) is 4.78. The molecule has 0 aromatic heterocycles. The standard InChI is InChI=1S/C20H27N3O3/c1-15(19(25)26-3)11-23(12-16-7-5-4-6-8-16)13-18(24)22-20(2,14-21)17-9-10-17/h4-8,15,17H,9-13H2,1-3H3,(H,22,24)/t15-,20-/m0/s1. The molecule has 6 nitrogen and oxygen atoms in total. The van der Waals surface area contributed by atoms with Gasteiger partial charge in [0.15, 0.2) is 0 Å². The minimum Gasteiger partial charge on any atom is -0.469 e. The number of nitrogens with one attached hydrogen (secondary N) is 1. The van der Waals surface area contributed by atoms with Crippen LogP contribution in [0.5, 0.6) is 0 Å². The van der Waals surface area contributed by atoms with Gasteiger partial charge in [0.25, 0.3) is 0 Å². The Morgan fingerprint density at radius 2 is 2.04 bits per heavy atom. The van der Waals surface area contributed by atoms with Crippen LogP contribution in [0.15, 0.2) is 30.3 Å². The van der Waals surface area contributed by atoms with Crippen LogP contribution in [-0.4, -0.2) is 42.5 Å². The van der Waals surface area contributed by atoms with E-state index in [1.165, 1.54) is 7.11 Å². The summed E-state index contributed by atoms with van der Waals surface area (Å²) in [6.45, 7) is 4.64. The van der Waals surface area contributed by atoms with Crippen LogP contribution in [0.3, 0.4) is 0 Å². The molecule has 0 unspecified atom stereocenters. The van der Waals surface area contributed by atoms with Crippen LogP contribution >= 0.6 is 0 Å². The number of hydrogen-bond donors (Lipinski definition) is 1. The number of amides is 1. The van der Waals surface area contributed by atoms with Gasteiger partial charge < -0.3 is 10.1 Å². The van der Waals surface area contributed by atoms with Crippen molar-refractivity contribution in [3.8, 4) is 6.07 Å². The highest BCUT2D eigenvalue weighted by molar-refractivity contribution is 5.79. The number of methoxy groups -OCH3 is 1. The highest BCUT2D eigenvalue weighted by Gasteiger charge is 2.43. The zero-order valence-corrected chi connectivity index (χ0v) is 15.7. The molecule has 26 heavy (non-hydrogen) atoms. The molecule has 6 heteroatoms. The van der Waals surface area contributed by atoms with Gasteiger partial charge in [-0.3, -0.25) is 14.5 Å². The van der Waals surface area contributed by atoms with Crippen molar-refractivity contribution in [1.82, 2.24) is 10.2 Å². The first-order chi connectivity index (χ1) is 12.4. The van der Waals surface area contributed by atoms with Gasteiger partial charge in [-0.2, -0.15) is 5.26 Å². The number of hydrogen-bond acceptors (Lipinski definition) is 5. The average molecular weight is 357 g/mol. The van der Waals surface area contributed by atoms with E-state index in [1.54, 1.807) is 13.8 Å². The maximum Gasteiger partial charge on any atom is 0.309 e. The van der Waals surface area contributed by atoms with E-state index in [-0.39, 0.29) is 30.3 Å². The number of carbonyl (C=O) groups excluding carboxylic acids is 2. The summed E-state index contributed by atoms with van der Waals surface area (Å²) in [5.74, 6) is -0.618. The Balaban J connectivity index is 2.03. The molecular weight excluding hydrogens is 330 g/mol. The number of rotatable bonds is 9. The van der Waals surface area contributed by atoms with Crippen molar-refractivity contribution in [2.45, 2.75) is 38.8 Å². The average Bonchev–Trinajstić information content (AvgIpc) is 3.47. The van der Waals surface area contributed by atoms with Crippen molar-refractivity contribution in [3.63, 3.8) is 0 Å². The monoisotopic (exact) mass is 357 g/mol. The molecule has 1 aromatic carbocycles. The molecule has 0 spiro atoms. The van der Waals surface area contributed by atoms with Crippen molar-refractivity contribution < 1.29 is 14.3 Å². The number of benzene rings is 1. The number of esters is 1. The zero-order chi connectivity index (χ0) is 19.2. The molecule has 0 bridgehead atoms. The summed E-state index contributed by atoms with van der Waals surface area (Å²) in [6.07, 6.45) is 1.94. The van der Waals surface area contributed by atoms with E-state index in [9.17, 15) is 14.9 Å². The van der Waals surface area contributed by atoms with Crippen LogP contribution in [0, 0.1) is 23.2 Å². The summed E-state index contributed by atoms with van der Waals surface area (Å²) in [5, 5.41) is 12.3. The Kier molecular flexibility index (Phi) is 6.76. The van der Waals surface area contributed by atoms with E-state index >= 15 is 0 Å². The number of carbonyl (C=O) groups is 2. The van der Waals surface area contributed by atoms with Crippen molar-refractivity contribution >= 4 is 11.9 Å². The second-order valence-corrected chi connectivity index (χ2v) is 7.22. The molecule has 2 atom stereocenters. The van der Waals surface area contributed by atoms with E-state index in [0.29, 0.717) is 13.1 Å². The quantitative estimate of drug-likeness (QED) is 0.685. The van der Waals surface area contributed by atoms with Gasteiger partial charge in [0, 0.05) is 13.1 Å². The SMILES string of the molecule is COC(=O)[C@@H](C)CN(CC(=O)N[C@@](C)(C#N)C1CC1)Cc1ccccc1. The highest BCUT2D eigenvalue weighted by Crippen LogP contribution is 2.39. The van der Waals surface area contributed by atoms with E-state index < -0.39 is 5.54 Å². The summed E-state index contributed by atoms with van der Waals surface area (Å²) in [4.78, 5) is 26.2. The van der Waals surface area contributed by atoms with Crippen LogP contribution in [0.2, 0.25) is 0 Å². The molecule has 0 radical (unpaired) electrons. The Bertz CT molecular complexity index is 667. The summed E-state index contributed by atoms with van der Waals surface area (Å²) in [6, 6.07) is 12.0. The third-order valence-electron chi connectivity index (χ3n) is 4.78. The minimum absolute atomic E-state index is 0.125. The van der Waals surface area contributed by atoms with E-state index in [2.05, 4.69) is 11.4 Å². The van der Waals surface area contributed by atoms with Crippen molar-refractivity contribution in [2.75, 3.05) is 20.2 Å². The molecule has 140 valence electrons. The highest BCUT2D eigenvalue weighted by atomic mass is 16.5. The summed E-state index contributed by atoms with van der Waals surface area (Å²) >= 11 is 0. The molecule has 1 fully saturated rings. The van der Waals surface area contributed by atoms with Gasteiger partial charge >= 0.3 is 5.97 Å². The summed E-state index contributed by atoms with van der Waals surface area (Å²) < 4.78 is 4.80. The van der Waals surface area contributed by atoms with Crippen LogP contribution in [0.1, 0.15) is 32.3 Å². The Labute approximate surface area is 155 Å². The normalized spacial score (nSPS) is 17.0. The fraction of sp³-hybridized carbons (Fsp3) is 0.550. The Hall–Kier alpha value is -2.39. The number of nitriles is 1. The van der Waals surface area contributed by atoms with E-state index in [0.717, 1.165) is 18.4 Å². The molecule has 0 saturated heterocycles. The summed E-state index contributed by atoms with van der Waals surface area (Å²) in [5.41, 5.74) is 0.242. The van der Waals surface area contributed by atoms with Crippen LogP contribution < -0.4 is 5.32 Å². The molecule has 2 rings (SSSR count). The lowest BCUT2D eigenvalue weighted by atomic mass is 9.98. The number of nitrogens with zero attached hydrogens (tertiary/aromatic N) is 2. The molecule has 1 aliphatic rings. The van der Waals surface area contributed by atoms with Crippen molar-refractivity contribution in [1.29, 1.82) is 5.26 Å². The first kappa shape index (κ1) is 19.9. The molecule has 1 saturated carbocycles. The fourth-order valence-electron chi connectivity index (χ4n) is 3.10. The third kappa shape index (κ3) is 5.57. The second kappa shape index (κ2) is 8.81. The lowest BCUT2D eigenvalue weighted by molar-refractivity contribution is -0.146. The van der Waals surface area contributed by atoms with Crippen molar-refractivity contribution in [3.05, 3.63) is 35.9 Å². The predicted octanol–water partition coefficient (Wildman–Crippen LogP) is 2.11. The minimum atomic E-state index is -0.816. The smallest absolute Gasteiger partial charge is 0.309 e. The fourth-order valence-corrected chi connectivity index (χ4v) is 3.10. The first-order valence-corrected chi connectivity index (χ1v) is 8.94. The lowest BCUT2D eigenvalue weighted by Crippen LogP contribution is -2.50. The van der Waals surface area contributed by atoms with Crippen LogP contribution in [-0.2, 0) is 20.9 Å². The predicted molar refractivity (Wildman–Crippen MR) is 97.8 cm³/mol. The molecule has 0 heterocycles. The molecule has 1 amide bonds. The molecule has 1 aromatic rings. The molecule has 1 aliphatic carbocycles. The van der Waals surface area contributed by atoms with E-state index in [4.69, 9.17) is 4.74 Å². The van der Waals surface area contributed by atoms with Gasteiger partial charge in [0.1, 0.15) is 5.54 Å². The van der Waals surface area contributed by atoms with Crippen LogP contribution in [0.4, 0.5) is 0 Å². The van der Waals surface area contributed by atoms with Gasteiger partial charge in [-0.25, -0.2) is 0 Å². The number of ether oxygens (including phenoxy) is 1. The van der Waals surface area contributed by atoms with Crippen molar-refractivity contribution in [2.24, 2.45) is 11.8 Å². The molecule has 1 N–H and O–H groups in total. The van der Waals surface area contributed by atoms with Gasteiger partial charge in [-0.1, -0.05) is 37.3 Å². The largest absolute Gasteiger partial charge is 0.469 e. The molecule has 0 aliphatic heterocycles.